The third-order valence-corrected chi connectivity index (χ3v) is 5.14. The Morgan fingerprint density at radius 1 is 1.22 bits per heavy atom. The lowest BCUT2D eigenvalue weighted by Crippen LogP contribution is -2.38. The summed E-state index contributed by atoms with van der Waals surface area (Å²) in [5.41, 5.74) is 1.01. The highest BCUT2D eigenvalue weighted by Gasteiger charge is 2.26. The van der Waals surface area contributed by atoms with E-state index in [1.54, 1.807) is 11.1 Å². The van der Waals surface area contributed by atoms with Crippen LogP contribution in [0.15, 0.2) is 36.5 Å². The van der Waals surface area contributed by atoms with Crippen LogP contribution >= 0.6 is 11.3 Å². The van der Waals surface area contributed by atoms with Crippen LogP contribution in [0.4, 0.5) is 0 Å². The van der Waals surface area contributed by atoms with Gasteiger partial charge in [0.25, 0.3) is 5.91 Å². The minimum Gasteiger partial charge on any atom is -0.481 e. The first-order valence-electron chi connectivity index (χ1n) is 7.66. The van der Waals surface area contributed by atoms with Gasteiger partial charge in [-0.1, -0.05) is 30.3 Å². The van der Waals surface area contributed by atoms with E-state index in [0.29, 0.717) is 18.0 Å². The van der Waals surface area contributed by atoms with Gasteiger partial charge in [0.2, 0.25) is 0 Å². The average molecular weight is 330 g/mol. The molecule has 6 heteroatoms. The van der Waals surface area contributed by atoms with Crippen LogP contribution in [0.2, 0.25) is 0 Å². The molecule has 1 aromatic carbocycles. The molecular formula is C17H18N2O3S. The lowest BCUT2D eigenvalue weighted by molar-refractivity contribution is -0.138. The Morgan fingerprint density at radius 2 is 1.91 bits per heavy atom. The van der Waals surface area contributed by atoms with Crippen molar-refractivity contribution in [3.8, 4) is 10.6 Å². The zero-order valence-electron chi connectivity index (χ0n) is 12.6. The predicted molar refractivity (Wildman–Crippen MR) is 88.4 cm³/mol. The van der Waals surface area contributed by atoms with Crippen LogP contribution in [0.1, 0.15) is 28.9 Å². The summed E-state index contributed by atoms with van der Waals surface area (Å²) in [6.45, 7) is 1.24. The van der Waals surface area contributed by atoms with E-state index in [1.165, 1.54) is 11.3 Å². The van der Waals surface area contributed by atoms with Crippen LogP contribution in [0.25, 0.3) is 10.6 Å². The Bertz CT molecular complexity index is 691. The molecule has 1 N–H and O–H groups in total. The number of carbonyl (C=O) groups is 2. The van der Waals surface area contributed by atoms with Gasteiger partial charge < -0.3 is 10.0 Å². The van der Waals surface area contributed by atoms with E-state index < -0.39 is 5.97 Å². The van der Waals surface area contributed by atoms with E-state index in [0.717, 1.165) is 23.4 Å². The Hall–Kier alpha value is -2.21. The standard InChI is InChI=1S/C17H18N2O3S/c20-15(21)10-12-6-8-19(9-7-12)17(22)14-11-18-16(23-14)13-4-2-1-3-5-13/h1-5,11-12H,6-10H2,(H,20,21). The molecule has 0 atom stereocenters. The van der Waals surface area contributed by atoms with E-state index in [4.69, 9.17) is 5.11 Å². The molecule has 0 radical (unpaired) electrons. The van der Waals surface area contributed by atoms with Gasteiger partial charge >= 0.3 is 5.97 Å². The number of thiazole rings is 1. The van der Waals surface area contributed by atoms with Crippen molar-refractivity contribution in [1.29, 1.82) is 0 Å². The first-order valence-corrected chi connectivity index (χ1v) is 8.47. The van der Waals surface area contributed by atoms with E-state index in [2.05, 4.69) is 4.98 Å². The highest BCUT2D eigenvalue weighted by atomic mass is 32.1. The van der Waals surface area contributed by atoms with Gasteiger partial charge in [0.1, 0.15) is 9.88 Å². The smallest absolute Gasteiger partial charge is 0.303 e. The number of aromatic nitrogens is 1. The zero-order valence-corrected chi connectivity index (χ0v) is 13.5. The number of carboxylic acid groups (broad SMARTS) is 1. The van der Waals surface area contributed by atoms with Gasteiger partial charge in [-0.3, -0.25) is 9.59 Å². The summed E-state index contributed by atoms with van der Waals surface area (Å²) < 4.78 is 0. The molecule has 3 rings (SSSR count). The van der Waals surface area contributed by atoms with Crippen molar-refractivity contribution in [2.24, 2.45) is 5.92 Å². The van der Waals surface area contributed by atoms with E-state index in [9.17, 15) is 9.59 Å². The second-order valence-corrected chi connectivity index (χ2v) is 6.76. The van der Waals surface area contributed by atoms with Gasteiger partial charge in [0.15, 0.2) is 0 Å². The fourth-order valence-electron chi connectivity index (χ4n) is 2.83. The van der Waals surface area contributed by atoms with E-state index in [-0.39, 0.29) is 18.2 Å². The molecule has 0 spiro atoms. The zero-order chi connectivity index (χ0) is 16.2. The molecule has 5 nitrogen and oxygen atoms in total. The number of hydrogen-bond donors (Lipinski definition) is 1. The maximum atomic E-state index is 12.6. The number of carbonyl (C=O) groups excluding carboxylic acids is 1. The van der Waals surface area contributed by atoms with Crippen LogP contribution < -0.4 is 0 Å². The number of aliphatic carboxylic acids is 1. The fourth-order valence-corrected chi connectivity index (χ4v) is 3.72. The summed E-state index contributed by atoms with van der Waals surface area (Å²) in [4.78, 5) is 30.1. The van der Waals surface area contributed by atoms with Crippen molar-refractivity contribution in [3.63, 3.8) is 0 Å². The van der Waals surface area contributed by atoms with Crippen molar-refractivity contribution in [2.45, 2.75) is 19.3 Å². The van der Waals surface area contributed by atoms with Crippen molar-refractivity contribution in [3.05, 3.63) is 41.4 Å². The van der Waals surface area contributed by atoms with Gasteiger partial charge in [0.05, 0.1) is 6.20 Å². The van der Waals surface area contributed by atoms with Gasteiger partial charge in [0, 0.05) is 25.1 Å². The largest absolute Gasteiger partial charge is 0.481 e. The Morgan fingerprint density at radius 3 is 2.57 bits per heavy atom. The average Bonchev–Trinajstić information content (AvgIpc) is 3.05. The molecule has 23 heavy (non-hydrogen) atoms. The molecule has 2 aromatic rings. The maximum absolute atomic E-state index is 12.6. The molecule has 2 heterocycles. The van der Waals surface area contributed by atoms with Crippen LogP contribution in [-0.4, -0.2) is 40.0 Å². The fraction of sp³-hybridized carbons (Fsp3) is 0.353. The Labute approximate surface area is 138 Å². The number of amides is 1. The Kier molecular flexibility index (Phi) is 4.71. The highest BCUT2D eigenvalue weighted by molar-refractivity contribution is 7.16. The lowest BCUT2D eigenvalue weighted by Gasteiger charge is -2.30. The van der Waals surface area contributed by atoms with Crippen LogP contribution in [0.3, 0.4) is 0 Å². The van der Waals surface area contributed by atoms with Crippen molar-refractivity contribution < 1.29 is 14.7 Å². The SMILES string of the molecule is O=C(O)CC1CCN(C(=O)c2cnc(-c3ccccc3)s2)CC1. The number of piperidine rings is 1. The number of hydrogen-bond acceptors (Lipinski definition) is 4. The normalized spacial score (nSPS) is 15.6. The first kappa shape index (κ1) is 15.7. The predicted octanol–water partition coefficient (Wildman–Crippen LogP) is 3.14. The van der Waals surface area contributed by atoms with Crippen molar-refractivity contribution in [1.82, 2.24) is 9.88 Å². The third kappa shape index (κ3) is 3.76. The molecule has 1 saturated heterocycles. The van der Waals surface area contributed by atoms with E-state index >= 15 is 0 Å². The van der Waals surface area contributed by atoms with Crippen LogP contribution in [0.5, 0.6) is 0 Å². The molecule has 0 unspecified atom stereocenters. The molecular weight excluding hydrogens is 312 g/mol. The van der Waals surface area contributed by atoms with Crippen LogP contribution in [0, 0.1) is 5.92 Å². The first-order chi connectivity index (χ1) is 11.1. The number of benzene rings is 1. The number of nitrogens with zero attached hydrogens (tertiary/aromatic N) is 2. The molecule has 1 aliphatic rings. The number of carboxylic acids is 1. The second-order valence-electron chi connectivity index (χ2n) is 5.73. The topological polar surface area (TPSA) is 70.5 Å². The molecule has 1 fully saturated rings. The molecule has 120 valence electrons. The van der Waals surface area contributed by atoms with Gasteiger partial charge in [-0.25, -0.2) is 4.98 Å². The summed E-state index contributed by atoms with van der Waals surface area (Å²) in [6, 6.07) is 9.80. The number of likely N-dealkylation sites (tertiary alicyclic amines) is 1. The quantitative estimate of drug-likeness (QED) is 0.935. The van der Waals surface area contributed by atoms with Crippen molar-refractivity contribution >= 4 is 23.2 Å². The minimum absolute atomic E-state index is 0.00143. The highest BCUT2D eigenvalue weighted by Crippen LogP contribution is 2.27. The molecule has 1 amide bonds. The van der Waals surface area contributed by atoms with Gasteiger partial charge in [-0.05, 0) is 18.8 Å². The van der Waals surface area contributed by atoms with Gasteiger partial charge in [-0.15, -0.1) is 11.3 Å². The Balaban J connectivity index is 1.63. The van der Waals surface area contributed by atoms with Gasteiger partial charge in [-0.2, -0.15) is 0 Å². The summed E-state index contributed by atoms with van der Waals surface area (Å²) >= 11 is 1.40. The summed E-state index contributed by atoms with van der Waals surface area (Å²) in [5, 5.41) is 9.69. The number of rotatable bonds is 4. The van der Waals surface area contributed by atoms with Crippen LogP contribution in [-0.2, 0) is 4.79 Å². The summed E-state index contributed by atoms with van der Waals surface area (Å²) in [5.74, 6) is -0.582. The molecule has 1 aliphatic heterocycles. The lowest BCUT2D eigenvalue weighted by atomic mass is 9.93. The molecule has 0 saturated carbocycles. The van der Waals surface area contributed by atoms with E-state index in [1.807, 2.05) is 30.3 Å². The summed E-state index contributed by atoms with van der Waals surface area (Å²) in [6.07, 6.45) is 3.34. The summed E-state index contributed by atoms with van der Waals surface area (Å²) in [7, 11) is 0. The monoisotopic (exact) mass is 330 g/mol. The molecule has 0 bridgehead atoms. The molecule has 0 aliphatic carbocycles. The third-order valence-electron chi connectivity index (χ3n) is 4.10. The minimum atomic E-state index is -0.760. The maximum Gasteiger partial charge on any atom is 0.303 e. The molecule has 1 aromatic heterocycles. The van der Waals surface area contributed by atoms with Crippen molar-refractivity contribution in [2.75, 3.05) is 13.1 Å². The second kappa shape index (κ2) is 6.91.